The molecule has 0 aliphatic rings. The number of hydrogen-bond donors (Lipinski definition) is 0. The fourth-order valence-electron chi connectivity index (χ4n) is 1.22. The molecule has 0 amide bonds. The van der Waals surface area contributed by atoms with Crippen molar-refractivity contribution in [2.75, 3.05) is 6.61 Å². The van der Waals surface area contributed by atoms with E-state index in [1.807, 2.05) is 0 Å². The molecule has 0 saturated heterocycles. The largest absolute Gasteiger partial charge is 0.461 e. The average Bonchev–Trinajstić information content (AvgIpc) is 2.51. The zero-order valence-corrected chi connectivity index (χ0v) is 10.2. The number of carbonyl (C=O) groups is 1. The lowest BCUT2D eigenvalue weighted by molar-refractivity contribution is -0.137. The van der Waals surface area contributed by atoms with E-state index in [2.05, 4.69) is 4.98 Å². The zero-order valence-electron chi connectivity index (χ0n) is 9.43. The summed E-state index contributed by atoms with van der Waals surface area (Å²) in [5.41, 5.74) is 0.549. The van der Waals surface area contributed by atoms with Gasteiger partial charge in [0.05, 0.1) is 17.3 Å². The van der Waals surface area contributed by atoms with E-state index in [4.69, 9.17) is 4.74 Å². The van der Waals surface area contributed by atoms with Crippen LogP contribution >= 0.6 is 11.3 Å². The summed E-state index contributed by atoms with van der Waals surface area (Å²) in [6, 6.07) is 0. The van der Waals surface area contributed by atoms with Crippen molar-refractivity contribution in [1.29, 1.82) is 0 Å². The molecule has 0 N–H and O–H groups in total. The van der Waals surface area contributed by atoms with Crippen LogP contribution in [0.25, 0.3) is 0 Å². The summed E-state index contributed by atoms with van der Waals surface area (Å²) in [5, 5.41) is 0.727. The highest BCUT2D eigenvalue weighted by atomic mass is 32.1. The molecule has 0 spiro atoms. The molecule has 7 heteroatoms. The number of aromatic nitrogens is 1. The zero-order chi connectivity index (χ0) is 13.1. The van der Waals surface area contributed by atoms with E-state index in [9.17, 15) is 18.0 Å². The Morgan fingerprint density at radius 3 is 2.53 bits per heavy atom. The topological polar surface area (TPSA) is 39.2 Å². The van der Waals surface area contributed by atoms with Gasteiger partial charge in [-0.15, -0.1) is 11.3 Å². The van der Waals surface area contributed by atoms with Crippen LogP contribution in [0.1, 0.15) is 33.2 Å². The van der Waals surface area contributed by atoms with Gasteiger partial charge in [0.1, 0.15) is 4.88 Å². The summed E-state index contributed by atoms with van der Waals surface area (Å²) in [4.78, 5) is 15.9. The predicted molar refractivity (Wildman–Crippen MR) is 57.2 cm³/mol. The SMILES string of the molecule is Cc1nc(C)c(C(=O)OCCCC(F)(F)F)s1. The Kier molecular flexibility index (Phi) is 4.50. The molecule has 1 heterocycles. The summed E-state index contributed by atoms with van der Waals surface area (Å²) >= 11 is 1.18. The highest BCUT2D eigenvalue weighted by molar-refractivity contribution is 7.13. The smallest absolute Gasteiger partial charge is 0.389 e. The van der Waals surface area contributed by atoms with E-state index in [-0.39, 0.29) is 13.0 Å². The first-order chi connectivity index (χ1) is 7.79. The number of esters is 1. The molecule has 0 radical (unpaired) electrons. The first-order valence-corrected chi connectivity index (χ1v) is 5.79. The van der Waals surface area contributed by atoms with Crippen LogP contribution in [0.4, 0.5) is 13.2 Å². The van der Waals surface area contributed by atoms with Crippen LogP contribution in [0, 0.1) is 13.8 Å². The highest BCUT2D eigenvalue weighted by Crippen LogP contribution is 2.22. The standard InChI is InChI=1S/C10H12F3NO2S/c1-6-8(17-7(2)14-6)9(15)16-5-3-4-10(11,12)13/h3-5H2,1-2H3. The van der Waals surface area contributed by atoms with Crippen LogP contribution in [-0.4, -0.2) is 23.7 Å². The third kappa shape index (κ3) is 4.72. The maximum Gasteiger partial charge on any atom is 0.389 e. The number of alkyl halides is 3. The molecule has 96 valence electrons. The van der Waals surface area contributed by atoms with Crippen LogP contribution in [0.5, 0.6) is 0 Å². The minimum absolute atomic E-state index is 0.216. The second-order valence-electron chi connectivity index (χ2n) is 3.50. The van der Waals surface area contributed by atoms with Crippen molar-refractivity contribution in [1.82, 2.24) is 4.98 Å². The Morgan fingerprint density at radius 1 is 1.41 bits per heavy atom. The summed E-state index contributed by atoms with van der Waals surface area (Å²) in [5.74, 6) is -0.602. The van der Waals surface area contributed by atoms with Gasteiger partial charge in [0.25, 0.3) is 0 Å². The van der Waals surface area contributed by atoms with E-state index in [0.29, 0.717) is 10.6 Å². The van der Waals surface area contributed by atoms with Crippen molar-refractivity contribution < 1.29 is 22.7 Å². The molecule has 0 fully saturated rings. The second-order valence-corrected chi connectivity index (χ2v) is 4.71. The van der Waals surface area contributed by atoms with Gasteiger partial charge in [-0.05, 0) is 20.3 Å². The van der Waals surface area contributed by atoms with Crippen molar-refractivity contribution in [3.8, 4) is 0 Å². The fourth-order valence-corrected chi connectivity index (χ4v) is 2.04. The summed E-state index contributed by atoms with van der Waals surface area (Å²) < 4.78 is 40.2. The predicted octanol–water partition coefficient (Wildman–Crippen LogP) is 3.26. The van der Waals surface area contributed by atoms with Crippen LogP contribution in [-0.2, 0) is 4.74 Å². The second kappa shape index (κ2) is 5.48. The van der Waals surface area contributed by atoms with Crippen LogP contribution < -0.4 is 0 Å². The average molecular weight is 267 g/mol. The van der Waals surface area contributed by atoms with Gasteiger partial charge < -0.3 is 4.74 Å². The van der Waals surface area contributed by atoms with E-state index in [1.165, 1.54) is 11.3 Å². The number of hydrogen-bond acceptors (Lipinski definition) is 4. The molecule has 0 saturated carbocycles. The number of rotatable bonds is 4. The van der Waals surface area contributed by atoms with Crippen LogP contribution in [0.3, 0.4) is 0 Å². The normalized spacial score (nSPS) is 11.6. The Hall–Kier alpha value is -1.11. The summed E-state index contributed by atoms with van der Waals surface area (Å²) in [6.45, 7) is 3.18. The Balaban J connectivity index is 2.38. The van der Waals surface area contributed by atoms with E-state index >= 15 is 0 Å². The van der Waals surface area contributed by atoms with E-state index < -0.39 is 18.6 Å². The molecular formula is C10H12F3NO2S. The molecule has 1 rings (SSSR count). The molecule has 0 bridgehead atoms. The quantitative estimate of drug-likeness (QED) is 0.621. The third-order valence-electron chi connectivity index (χ3n) is 1.93. The number of ether oxygens (including phenoxy) is 1. The molecule has 17 heavy (non-hydrogen) atoms. The fraction of sp³-hybridized carbons (Fsp3) is 0.600. The molecule has 1 aromatic heterocycles. The maximum absolute atomic E-state index is 11.8. The maximum atomic E-state index is 11.8. The van der Waals surface area contributed by atoms with Gasteiger partial charge in [-0.1, -0.05) is 0 Å². The molecule has 0 aliphatic heterocycles. The minimum atomic E-state index is -4.20. The number of nitrogens with zero attached hydrogens (tertiary/aromatic N) is 1. The number of aryl methyl sites for hydroxylation is 2. The molecular weight excluding hydrogens is 255 g/mol. The van der Waals surface area contributed by atoms with Gasteiger partial charge in [-0.3, -0.25) is 0 Å². The van der Waals surface area contributed by atoms with E-state index in [1.54, 1.807) is 13.8 Å². The lowest BCUT2D eigenvalue weighted by atomic mass is 10.3. The summed E-state index contributed by atoms with van der Waals surface area (Å²) in [7, 11) is 0. The lowest BCUT2D eigenvalue weighted by Gasteiger charge is -2.06. The first-order valence-electron chi connectivity index (χ1n) is 4.97. The van der Waals surface area contributed by atoms with Gasteiger partial charge in [0.15, 0.2) is 0 Å². The molecule has 0 aliphatic carbocycles. The Bertz CT molecular complexity index is 401. The lowest BCUT2D eigenvalue weighted by Crippen LogP contribution is -2.11. The monoisotopic (exact) mass is 267 g/mol. The highest BCUT2D eigenvalue weighted by Gasteiger charge is 2.26. The van der Waals surface area contributed by atoms with Crippen molar-refractivity contribution in [3.63, 3.8) is 0 Å². The number of halogens is 3. The van der Waals surface area contributed by atoms with Gasteiger partial charge in [0.2, 0.25) is 0 Å². The molecule has 0 unspecified atom stereocenters. The van der Waals surface area contributed by atoms with Crippen molar-refractivity contribution in [3.05, 3.63) is 15.6 Å². The van der Waals surface area contributed by atoms with Gasteiger partial charge in [-0.2, -0.15) is 13.2 Å². The molecule has 1 aromatic rings. The number of carbonyl (C=O) groups excluding carboxylic acids is 1. The summed E-state index contributed by atoms with van der Waals surface area (Å²) in [6.07, 6.45) is -5.36. The van der Waals surface area contributed by atoms with Crippen LogP contribution in [0.2, 0.25) is 0 Å². The minimum Gasteiger partial charge on any atom is -0.461 e. The Labute approximate surface area is 101 Å². The van der Waals surface area contributed by atoms with Crippen LogP contribution in [0.15, 0.2) is 0 Å². The van der Waals surface area contributed by atoms with Gasteiger partial charge in [0, 0.05) is 6.42 Å². The van der Waals surface area contributed by atoms with Gasteiger partial charge in [-0.25, -0.2) is 9.78 Å². The number of thiazole rings is 1. The molecule has 0 aromatic carbocycles. The Morgan fingerprint density at radius 2 is 2.06 bits per heavy atom. The molecule has 3 nitrogen and oxygen atoms in total. The first kappa shape index (κ1) is 14.0. The van der Waals surface area contributed by atoms with Crippen molar-refractivity contribution in [2.24, 2.45) is 0 Å². The van der Waals surface area contributed by atoms with Crippen molar-refractivity contribution >= 4 is 17.3 Å². The van der Waals surface area contributed by atoms with Gasteiger partial charge >= 0.3 is 12.1 Å². The van der Waals surface area contributed by atoms with Crippen molar-refractivity contribution in [2.45, 2.75) is 32.9 Å². The van der Waals surface area contributed by atoms with E-state index in [0.717, 1.165) is 5.01 Å². The molecule has 0 atom stereocenters. The third-order valence-corrected chi connectivity index (χ3v) is 2.98.